The van der Waals surface area contributed by atoms with Gasteiger partial charge in [-0.15, -0.1) is 11.3 Å². The Morgan fingerprint density at radius 1 is 1.19 bits per heavy atom. The summed E-state index contributed by atoms with van der Waals surface area (Å²) in [5.74, 6) is -0.474. The molecule has 0 aliphatic heterocycles. The highest BCUT2D eigenvalue weighted by molar-refractivity contribution is 7.10. The zero-order valence-corrected chi connectivity index (χ0v) is 16.6. The van der Waals surface area contributed by atoms with Crippen LogP contribution in [0.5, 0.6) is 0 Å². The van der Waals surface area contributed by atoms with E-state index in [-0.39, 0.29) is 24.3 Å². The summed E-state index contributed by atoms with van der Waals surface area (Å²) in [5.41, 5.74) is 3.49. The van der Waals surface area contributed by atoms with Crippen LogP contribution in [0.2, 0.25) is 5.02 Å². The molecule has 0 aliphatic rings. The largest absolute Gasteiger partial charge is 0.323 e. The van der Waals surface area contributed by atoms with Crippen LogP contribution in [0, 0.1) is 19.7 Å². The quantitative estimate of drug-likeness (QED) is 0.573. The molecule has 1 atom stereocenters. The van der Waals surface area contributed by atoms with Gasteiger partial charge < -0.3 is 5.32 Å². The molecule has 3 nitrogen and oxygen atoms in total. The molecule has 0 radical (unpaired) electrons. The van der Waals surface area contributed by atoms with Crippen molar-refractivity contribution in [2.45, 2.75) is 19.9 Å². The molecule has 2 aromatic carbocycles. The number of rotatable bonds is 6. The SMILES string of the molecule is Cc1cc(C)c(NC(=O)CN[C@H](c2ccc(F)cc2)c2cccs2)c(Cl)c1. The zero-order chi connectivity index (χ0) is 19.4. The van der Waals surface area contributed by atoms with Crippen LogP contribution < -0.4 is 10.6 Å². The summed E-state index contributed by atoms with van der Waals surface area (Å²) in [6.45, 7) is 3.97. The van der Waals surface area contributed by atoms with E-state index >= 15 is 0 Å². The fourth-order valence-corrected chi connectivity index (χ4v) is 4.14. The molecule has 0 unspecified atom stereocenters. The van der Waals surface area contributed by atoms with Crippen molar-refractivity contribution in [2.24, 2.45) is 0 Å². The van der Waals surface area contributed by atoms with Crippen molar-refractivity contribution in [1.82, 2.24) is 5.32 Å². The van der Waals surface area contributed by atoms with Gasteiger partial charge >= 0.3 is 0 Å². The highest BCUT2D eigenvalue weighted by Crippen LogP contribution is 2.28. The third-order valence-corrected chi connectivity index (χ3v) is 5.43. The van der Waals surface area contributed by atoms with Crippen LogP contribution in [0.15, 0.2) is 53.9 Å². The lowest BCUT2D eigenvalue weighted by atomic mass is 10.1. The van der Waals surface area contributed by atoms with Crippen molar-refractivity contribution in [1.29, 1.82) is 0 Å². The number of carbonyl (C=O) groups is 1. The molecule has 0 aliphatic carbocycles. The van der Waals surface area contributed by atoms with Crippen LogP contribution in [-0.2, 0) is 4.79 Å². The first kappa shape index (κ1) is 19.5. The van der Waals surface area contributed by atoms with E-state index in [0.29, 0.717) is 10.7 Å². The minimum absolute atomic E-state index is 0.101. The predicted molar refractivity (Wildman–Crippen MR) is 110 cm³/mol. The van der Waals surface area contributed by atoms with Gasteiger partial charge in [-0.05, 0) is 60.2 Å². The first-order chi connectivity index (χ1) is 12.9. The summed E-state index contributed by atoms with van der Waals surface area (Å²) >= 11 is 7.85. The first-order valence-electron chi connectivity index (χ1n) is 8.53. The van der Waals surface area contributed by atoms with E-state index in [0.717, 1.165) is 21.6 Å². The number of nitrogens with one attached hydrogen (secondary N) is 2. The standard InChI is InChI=1S/C21H20ClFN2OS/c1-13-10-14(2)20(17(22)11-13)25-19(26)12-24-21(18-4-3-9-27-18)15-5-7-16(23)8-6-15/h3-11,21,24H,12H2,1-2H3,(H,25,26)/t21-/m1/s1. The molecule has 0 fully saturated rings. The van der Waals surface area contributed by atoms with Gasteiger partial charge in [-0.3, -0.25) is 10.1 Å². The van der Waals surface area contributed by atoms with E-state index < -0.39 is 0 Å². The molecule has 1 aromatic heterocycles. The summed E-state index contributed by atoms with van der Waals surface area (Å²) in [6.07, 6.45) is 0. The summed E-state index contributed by atoms with van der Waals surface area (Å²) < 4.78 is 13.3. The number of anilines is 1. The molecular formula is C21H20ClFN2OS. The van der Waals surface area contributed by atoms with Gasteiger partial charge in [-0.2, -0.15) is 0 Å². The Kier molecular flexibility index (Phi) is 6.26. The summed E-state index contributed by atoms with van der Waals surface area (Å²) in [7, 11) is 0. The second-order valence-electron chi connectivity index (χ2n) is 6.37. The van der Waals surface area contributed by atoms with Crippen LogP contribution in [0.4, 0.5) is 10.1 Å². The zero-order valence-electron chi connectivity index (χ0n) is 15.1. The molecule has 0 spiro atoms. The maximum absolute atomic E-state index is 13.3. The molecule has 1 amide bonds. The normalized spacial score (nSPS) is 12.0. The Bertz CT molecular complexity index is 903. The number of aryl methyl sites for hydroxylation is 2. The molecule has 0 saturated heterocycles. The molecule has 2 N–H and O–H groups in total. The Hall–Kier alpha value is -2.21. The summed E-state index contributed by atoms with van der Waals surface area (Å²) in [4.78, 5) is 13.5. The number of hydrogen-bond acceptors (Lipinski definition) is 3. The van der Waals surface area contributed by atoms with E-state index in [1.165, 1.54) is 12.1 Å². The smallest absolute Gasteiger partial charge is 0.238 e. The van der Waals surface area contributed by atoms with Crippen LogP contribution in [0.25, 0.3) is 0 Å². The molecular weight excluding hydrogens is 383 g/mol. The Labute approximate surface area is 167 Å². The monoisotopic (exact) mass is 402 g/mol. The maximum Gasteiger partial charge on any atom is 0.238 e. The van der Waals surface area contributed by atoms with Crippen molar-refractivity contribution in [3.8, 4) is 0 Å². The third kappa shape index (κ3) is 4.95. The fraction of sp³-hybridized carbons (Fsp3) is 0.190. The van der Waals surface area contributed by atoms with Gasteiger partial charge in [0.1, 0.15) is 5.82 Å². The lowest BCUT2D eigenvalue weighted by Gasteiger charge is -2.18. The van der Waals surface area contributed by atoms with Gasteiger partial charge in [0.25, 0.3) is 0 Å². The number of thiophene rings is 1. The predicted octanol–water partition coefficient (Wildman–Crippen LogP) is 5.48. The number of halogens is 2. The van der Waals surface area contributed by atoms with Crippen LogP contribution in [0.3, 0.4) is 0 Å². The molecule has 0 saturated carbocycles. The minimum Gasteiger partial charge on any atom is -0.323 e. The Morgan fingerprint density at radius 2 is 1.93 bits per heavy atom. The van der Waals surface area contributed by atoms with Crippen molar-refractivity contribution in [2.75, 3.05) is 11.9 Å². The molecule has 3 rings (SSSR count). The molecule has 140 valence electrons. The average Bonchev–Trinajstić information content (AvgIpc) is 3.14. The van der Waals surface area contributed by atoms with Crippen molar-refractivity contribution in [3.05, 3.63) is 86.3 Å². The van der Waals surface area contributed by atoms with Gasteiger partial charge in [0.15, 0.2) is 0 Å². The molecule has 27 heavy (non-hydrogen) atoms. The van der Waals surface area contributed by atoms with Crippen molar-refractivity contribution in [3.63, 3.8) is 0 Å². The lowest BCUT2D eigenvalue weighted by Crippen LogP contribution is -2.31. The number of hydrogen-bond donors (Lipinski definition) is 2. The summed E-state index contributed by atoms with van der Waals surface area (Å²) in [6, 6.07) is 13.9. The van der Waals surface area contributed by atoms with E-state index in [1.807, 2.05) is 43.5 Å². The second-order valence-corrected chi connectivity index (χ2v) is 7.75. The van der Waals surface area contributed by atoms with Crippen LogP contribution in [-0.4, -0.2) is 12.5 Å². The molecule has 1 heterocycles. The van der Waals surface area contributed by atoms with Crippen LogP contribution in [0.1, 0.15) is 27.6 Å². The van der Waals surface area contributed by atoms with Crippen molar-refractivity contribution < 1.29 is 9.18 Å². The van der Waals surface area contributed by atoms with Gasteiger partial charge in [-0.25, -0.2) is 4.39 Å². The van der Waals surface area contributed by atoms with E-state index in [2.05, 4.69) is 10.6 Å². The Balaban J connectivity index is 1.72. The highest BCUT2D eigenvalue weighted by atomic mass is 35.5. The van der Waals surface area contributed by atoms with E-state index in [1.54, 1.807) is 23.5 Å². The number of carbonyl (C=O) groups excluding carboxylic acids is 1. The molecule has 3 aromatic rings. The van der Waals surface area contributed by atoms with E-state index in [9.17, 15) is 9.18 Å². The second kappa shape index (κ2) is 8.65. The highest BCUT2D eigenvalue weighted by Gasteiger charge is 2.17. The first-order valence-corrected chi connectivity index (χ1v) is 9.78. The van der Waals surface area contributed by atoms with Gasteiger partial charge in [-0.1, -0.05) is 35.9 Å². The maximum atomic E-state index is 13.3. The Morgan fingerprint density at radius 3 is 2.56 bits per heavy atom. The number of amides is 1. The topological polar surface area (TPSA) is 41.1 Å². The van der Waals surface area contributed by atoms with Crippen molar-refractivity contribution >= 4 is 34.5 Å². The van der Waals surface area contributed by atoms with Gasteiger partial charge in [0, 0.05) is 4.88 Å². The van der Waals surface area contributed by atoms with Gasteiger partial charge in [0.05, 0.1) is 23.3 Å². The summed E-state index contributed by atoms with van der Waals surface area (Å²) in [5, 5.41) is 8.64. The van der Waals surface area contributed by atoms with E-state index in [4.69, 9.17) is 11.6 Å². The molecule has 0 bridgehead atoms. The third-order valence-electron chi connectivity index (χ3n) is 4.19. The average molecular weight is 403 g/mol. The number of benzene rings is 2. The fourth-order valence-electron chi connectivity index (χ4n) is 2.95. The minimum atomic E-state index is -0.286. The molecule has 6 heteroatoms. The van der Waals surface area contributed by atoms with Crippen LogP contribution >= 0.6 is 22.9 Å². The lowest BCUT2D eigenvalue weighted by molar-refractivity contribution is -0.115. The van der Waals surface area contributed by atoms with Gasteiger partial charge in [0.2, 0.25) is 5.91 Å².